The van der Waals surface area contributed by atoms with E-state index in [0.29, 0.717) is 11.0 Å². The van der Waals surface area contributed by atoms with Crippen LogP contribution in [0.15, 0.2) is 0 Å². The Hall–Kier alpha value is -1.83. The van der Waals surface area contributed by atoms with Gasteiger partial charge in [-0.3, -0.25) is 24.6 Å². The number of likely N-dealkylation sites (tertiary alicyclic amines) is 1. The summed E-state index contributed by atoms with van der Waals surface area (Å²) in [6, 6.07) is 0. The van der Waals surface area contributed by atoms with Gasteiger partial charge in [0.25, 0.3) is 0 Å². The first-order valence-corrected chi connectivity index (χ1v) is 9.25. The Kier molecular flexibility index (Phi) is 4.93. The molecule has 2 atom stereocenters. The number of nitrogens with one attached hydrogen (secondary N) is 1. The number of nitrogens with zero attached hydrogens (tertiary/aromatic N) is 3. The number of rotatable bonds is 5. The van der Waals surface area contributed by atoms with Crippen LogP contribution in [0.25, 0.3) is 0 Å². The number of imide groups is 1. The average Bonchev–Trinajstić information content (AvgIpc) is 3.05. The number of aromatic nitrogens is 2. The van der Waals surface area contributed by atoms with Gasteiger partial charge >= 0.3 is 0 Å². The van der Waals surface area contributed by atoms with Gasteiger partial charge in [0, 0.05) is 6.42 Å². The molecule has 0 radical (unpaired) electrons. The van der Waals surface area contributed by atoms with Gasteiger partial charge in [-0.15, -0.1) is 10.2 Å². The van der Waals surface area contributed by atoms with Crippen molar-refractivity contribution in [1.82, 2.24) is 15.1 Å². The van der Waals surface area contributed by atoms with Crippen molar-refractivity contribution in [3.05, 3.63) is 5.01 Å². The summed E-state index contributed by atoms with van der Waals surface area (Å²) < 4.78 is 0. The highest BCUT2D eigenvalue weighted by Gasteiger charge is 2.48. The van der Waals surface area contributed by atoms with Crippen LogP contribution in [-0.4, -0.2) is 39.4 Å². The molecule has 1 N–H and O–H groups in total. The molecule has 2 aliphatic rings. The minimum atomic E-state index is -0.400. The highest BCUT2D eigenvalue weighted by molar-refractivity contribution is 7.15. The zero-order chi connectivity index (χ0) is 17.3. The fourth-order valence-corrected chi connectivity index (χ4v) is 4.39. The van der Waals surface area contributed by atoms with Crippen LogP contribution >= 0.6 is 11.3 Å². The maximum atomic E-state index is 12.4. The lowest BCUT2D eigenvalue weighted by molar-refractivity contribution is -0.142. The number of hydrogen-bond acceptors (Lipinski definition) is 6. The lowest BCUT2D eigenvalue weighted by Gasteiger charge is -2.19. The van der Waals surface area contributed by atoms with Crippen molar-refractivity contribution in [3.63, 3.8) is 0 Å². The van der Waals surface area contributed by atoms with Crippen LogP contribution in [0.4, 0.5) is 5.13 Å². The van der Waals surface area contributed by atoms with Crippen LogP contribution in [0.3, 0.4) is 0 Å². The van der Waals surface area contributed by atoms with E-state index < -0.39 is 5.91 Å². The van der Waals surface area contributed by atoms with Crippen molar-refractivity contribution in [1.29, 1.82) is 0 Å². The molecule has 0 spiro atoms. The molecule has 130 valence electrons. The maximum Gasteiger partial charge on any atom is 0.246 e. The summed E-state index contributed by atoms with van der Waals surface area (Å²) in [4.78, 5) is 38.0. The number of hydrogen-bond donors (Lipinski definition) is 1. The molecule has 8 heteroatoms. The van der Waals surface area contributed by atoms with Crippen LogP contribution in [0.1, 0.15) is 44.5 Å². The topological polar surface area (TPSA) is 92.3 Å². The number of carbonyl (C=O) groups excluding carboxylic acids is 3. The van der Waals surface area contributed by atoms with Crippen molar-refractivity contribution in [2.24, 2.45) is 17.8 Å². The molecule has 2 heterocycles. The van der Waals surface area contributed by atoms with Gasteiger partial charge in [-0.25, -0.2) is 0 Å². The third-order valence-electron chi connectivity index (χ3n) is 4.53. The molecule has 3 rings (SSSR count). The predicted octanol–water partition coefficient (Wildman–Crippen LogP) is 1.85. The summed E-state index contributed by atoms with van der Waals surface area (Å²) in [5.74, 6) is -0.779. The zero-order valence-corrected chi connectivity index (χ0v) is 14.8. The second kappa shape index (κ2) is 6.96. The van der Waals surface area contributed by atoms with Gasteiger partial charge in [-0.05, 0) is 18.8 Å². The second-order valence-corrected chi connectivity index (χ2v) is 7.97. The molecule has 0 unspecified atom stereocenters. The van der Waals surface area contributed by atoms with Crippen LogP contribution in [0.2, 0.25) is 0 Å². The molecule has 1 saturated heterocycles. The summed E-state index contributed by atoms with van der Waals surface area (Å²) in [7, 11) is 0. The molecule has 0 aromatic carbocycles. The highest BCUT2D eigenvalue weighted by Crippen LogP contribution is 2.37. The van der Waals surface area contributed by atoms with Crippen molar-refractivity contribution in [2.45, 2.75) is 46.0 Å². The summed E-state index contributed by atoms with van der Waals surface area (Å²) in [6.45, 7) is 3.94. The molecule has 2 fully saturated rings. The van der Waals surface area contributed by atoms with Gasteiger partial charge in [0.2, 0.25) is 22.9 Å². The number of amides is 3. The standard InChI is InChI=1S/C16H22N4O3S/c1-9(2)7-13-18-19-16(24-13)17-12(21)8-20-14(22)10-5-3-4-6-11(10)15(20)23/h9-11H,3-8H2,1-2H3,(H,17,19,21)/t10-,11+. The molecule has 0 bridgehead atoms. The zero-order valence-electron chi connectivity index (χ0n) is 13.9. The van der Waals surface area contributed by atoms with E-state index in [2.05, 4.69) is 29.4 Å². The van der Waals surface area contributed by atoms with Gasteiger partial charge in [0.05, 0.1) is 11.8 Å². The first kappa shape index (κ1) is 17.0. The Morgan fingerprint density at radius 2 is 1.83 bits per heavy atom. The average molecular weight is 350 g/mol. The van der Waals surface area contributed by atoms with Gasteiger partial charge in [-0.1, -0.05) is 38.0 Å². The van der Waals surface area contributed by atoms with Crippen molar-refractivity contribution in [3.8, 4) is 0 Å². The molecule has 1 aliphatic carbocycles. The monoisotopic (exact) mass is 350 g/mol. The summed E-state index contributed by atoms with van der Waals surface area (Å²) in [6.07, 6.45) is 4.26. The van der Waals surface area contributed by atoms with E-state index in [1.54, 1.807) is 0 Å². The van der Waals surface area contributed by atoms with E-state index in [9.17, 15) is 14.4 Å². The van der Waals surface area contributed by atoms with Crippen LogP contribution < -0.4 is 5.32 Å². The van der Waals surface area contributed by atoms with Gasteiger partial charge in [0.1, 0.15) is 11.6 Å². The summed E-state index contributed by atoms with van der Waals surface area (Å²) in [5.41, 5.74) is 0. The third-order valence-corrected chi connectivity index (χ3v) is 5.39. The number of carbonyl (C=O) groups is 3. The minimum absolute atomic E-state index is 0.197. The first-order chi connectivity index (χ1) is 11.5. The molecule has 1 saturated carbocycles. The largest absolute Gasteiger partial charge is 0.299 e. The quantitative estimate of drug-likeness (QED) is 0.818. The molecule has 7 nitrogen and oxygen atoms in total. The molecular formula is C16H22N4O3S. The molecule has 1 aliphatic heterocycles. The fourth-order valence-electron chi connectivity index (χ4n) is 3.43. The van der Waals surface area contributed by atoms with Crippen molar-refractivity contribution in [2.75, 3.05) is 11.9 Å². The number of fused-ring (bicyclic) bond motifs is 1. The number of anilines is 1. The molecule has 3 amide bonds. The van der Waals surface area contributed by atoms with Crippen LogP contribution in [0.5, 0.6) is 0 Å². The fraction of sp³-hybridized carbons (Fsp3) is 0.688. The molecule has 24 heavy (non-hydrogen) atoms. The van der Waals surface area contributed by atoms with E-state index in [1.807, 2.05) is 0 Å². The van der Waals surface area contributed by atoms with Crippen molar-refractivity contribution < 1.29 is 14.4 Å². The Balaban J connectivity index is 1.59. The van der Waals surface area contributed by atoms with E-state index >= 15 is 0 Å². The SMILES string of the molecule is CC(C)Cc1nnc(NC(=O)CN2C(=O)[C@H]3CCCC[C@H]3C2=O)s1. The lowest BCUT2D eigenvalue weighted by Crippen LogP contribution is -2.38. The van der Waals surface area contributed by atoms with E-state index in [4.69, 9.17) is 0 Å². The smallest absolute Gasteiger partial charge is 0.246 e. The van der Waals surface area contributed by atoms with Gasteiger partial charge in [0.15, 0.2) is 0 Å². The third kappa shape index (κ3) is 3.48. The summed E-state index contributed by atoms with van der Waals surface area (Å²) >= 11 is 1.33. The Morgan fingerprint density at radius 3 is 2.42 bits per heavy atom. The first-order valence-electron chi connectivity index (χ1n) is 8.43. The van der Waals surface area contributed by atoms with Gasteiger partial charge in [-0.2, -0.15) is 0 Å². The van der Waals surface area contributed by atoms with Crippen LogP contribution in [-0.2, 0) is 20.8 Å². The maximum absolute atomic E-state index is 12.4. The second-order valence-electron chi connectivity index (χ2n) is 6.91. The van der Waals surface area contributed by atoms with E-state index in [0.717, 1.165) is 42.0 Å². The predicted molar refractivity (Wildman–Crippen MR) is 89.2 cm³/mol. The van der Waals surface area contributed by atoms with E-state index in [-0.39, 0.29) is 30.2 Å². The Labute approximate surface area is 144 Å². The minimum Gasteiger partial charge on any atom is -0.299 e. The van der Waals surface area contributed by atoms with Crippen LogP contribution in [0, 0.1) is 17.8 Å². The van der Waals surface area contributed by atoms with Gasteiger partial charge < -0.3 is 0 Å². The molecular weight excluding hydrogens is 328 g/mol. The Morgan fingerprint density at radius 1 is 1.21 bits per heavy atom. The lowest BCUT2D eigenvalue weighted by atomic mass is 9.81. The normalized spacial score (nSPS) is 23.7. The van der Waals surface area contributed by atoms with E-state index in [1.165, 1.54) is 11.3 Å². The molecule has 1 aromatic heterocycles. The Bertz CT molecular complexity index is 634. The highest BCUT2D eigenvalue weighted by atomic mass is 32.1. The summed E-state index contributed by atoms with van der Waals surface area (Å²) in [5, 5.41) is 11.9. The molecule has 1 aromatic rings. The van der Waals surface area contributed by atoms with Crippen molar-refractivity contribution >= 4 is 34.2 Å².